The molecule has 2 heteroatoms. The summed E-state index contributed by atoms with van der Waals surface area (Å²) in [5.74, 6) is 0. The van der Waals surface area contributed by atoms with E-state index in [1.807, 2.05) is 12.1 Å². The average Bonchev–Trinajstić information content (AvgIpc) is 2.35. The van der Waals surface area contributed by atoms with E-state index in [4.69, 9.17) is 0 Å². The molecule has 0 bridgehead atoms. The molecule has 0 amide bonds. The van der Waals surface area contributed by atoms with Gasteiger partial charge in [0, 0.05) is 6.54 Å². The van der Waals surface area contributed by atoms with Crippen molar-refractivity contribution in [2.75, 3.05) is 19.6 Å². The van der Waals surface area contributed by atoms with Gasteiger partial charge in [-0.25, -0.2) is 0 Å². The Bertz CT molecular complexity index is 290. The third kappa shape index (κ3) is 3.62. The molecule has 1 aromatic rings. The fourth-order valence-electron chi connectivity index (χ4n) is 1.81. The Morgan fingerprint density at radius 1 is 1.06 bits per heavy atom. The molecular weight excluding hydrogens is 198 g/mol. The van der Waals surface area contributed by atoms with E-state index in [2.05, 4.69) is 37.8 Å². The number of nitrogens with zero attached hydrogens (tertiary/aromatic N) is 1. The second-order valence-electron chi connectivity index (χ2n) is 4.10. The smallest absolute Gasteiger partial charge is 0.0916 e. The van der Waals surface area contributed by atoms with Gasteiger partial charge in [-0.1, -0.05) is 45.0 Å². The van der Waals surface area contributed by atoms with Crippen LogP contribution in [0.15, 0.2) is 24.3 Å². The molecule has 1 atom stereocenters. The zero-order valence-electron chi connectivity index (χ0n) is 10.6. The molecule has 2 nitrogen and oxygen atoms in total. The zero-order valence-corrected chi connectivity index (χ0v) is 10.6. The number of aliphatic hydroxyl groups is 1. The minimum absolute atomic E-state index is 0.370. The number of hydrogen-bond acceptors (Lipinski definition) is 2. The quantitative estimate of drug-likeness (QED) is 0.798. The molecule has 0 fully saturated rings. The van der Waals surface area contributed by atoms with Crippen LogP contribution in [0, 0.1) is 0 Å². The normalized spacial score (nSPS) is 13.1. The predicted molar refractivity (Wildman–Crippen MR) is 68.6 cm³/mol. The monoisotopic (exact) mass is 221 g/mol. The van der Waals surface area contributed by atoms with Crippen molar-refractivity contribution in [1.29, 1.82) is 0 Å². The Morgan fingerprint density at radius 2 is 1.62 bits per heavy atom. The van der Waals surface area contributed by atoms with E-state index in [1.165, 1.54) is 5.56 Å². The van der Waals surface area contributed by atoms with Gasteiger partial charge in [0.1, 0.15) is 0 Å². The lowest BCUT2D eigenvalue weighted by molar-refractivity contribution is 0.119. The molecule has 90 valence electrons. The first-order valence-electron chi connectivity index (χ1n) is 6.20. The molecule has 0 aliphatic carbocycles. The number of rotatable bonds is 6. The van der Waals surface area contributed by atoms with Crippen molar-refractivity contribution in [3.05, 3.63) is 35.4 Å². The Labute approximate surface area is 98.9 Å². The van der Waals surface area contributed by atoms with Crippen LogP contribution >= 0.6 is 0 Å². The second kappa shape index (κ2) is 6.66. The van der Waals surface area contributed by atoms with E-state index in [0.29, 0.717) is 0 Å². The van der Waals surface area contributed by atoms with Gasteiger partial charge >= 0.3 is 0 Å². The standard InChI is InChI=1S/C14H23NO/c1-4-12-7-9-13(10-8-12)14(16)11-15(5-2)6-3/h7-10,14,16H,4-6,11H2,1-3H3. The molecule has 1 N–H and O–H groups in total. The topological polar surface area (TPSA) is 23.5 Å². The molecule has 0 radical (unpaired) electrons. The van der Waals surface area contributed by atoms with Crippen LogP contribution in [0.4, 0.5) is 0 Å². The van der Waals surface area contributed by atoms with Crippen molar-refractivity contribution in [1.82, 2.24) is 4.90 Å². The van der Waals surface area contributed by atoms with Crippen molar-refractivity contribution in [3.8, 4) is 0 Å². The molecule has 0 spiro atoms. The SMILES string of the molecule is CCc1ccc(C(O)CN(CC)CC)cc1. The summed E-state index contributed by atoms with van der Waals surface area (Å²) in [4.78, 5) is 2.23. The summed E-state index contributed by atoms with van der Waals surface area (Å²) in [6.07, 6.45) is 0.678. The maximum Gasteiger partial charge on any atom is 0.0916 e. The fourth-order valence-corrected chi connectivity index (χ4v) is 1.81. The second-order valence-corrected chi connectivity index (χ2v) is 4.10. The van der Waals surface area contributed by atoms with Crippen LogP contribution in [0.2, 0.25) is 0 Å². The lowest BCUT2D eigenvalue weighted by Crippen LogP contribution is -2.28. The van der Waals surface area contributed by atoms with Crippen LogP contribution in [0.1, 0.15) is 38.0 Å². The van der Waals surface area contributed by atoms with E-state index >= 15 is 0 Å². The predicted octanol–water partition coefficient (Wildman–Crippen LogP) is 2.62. The maximum absolute atomic E-state index is 10.1. The Morgan fingerprint density at radius 3 is 2.06 bits per heavy atom. The first-order chi connectivity index (χ1) is 7.71. The van der Waals surface area contributed by atoms with Crippen molar-refractivity contribution in [2.24, 2.45) is 0 Å². The third-order valence-electron chi connectivity index (χ3n) is 3.10. The van der Waals surface area contributed by atoms with Crippen LogP contribution in [0.25, 0.3) is 0 Å². The van der Waals surface area contributed by atoms with E-state index in [9.17, 15) is 5.11 Å². The van der Waals surface area contributed by atoms with E-state index in [0.717, 1.165) is 31.6 Å². The molecule has 0 heterocycles. The number of aliphatic hydroxyl groups excluding tert-OH is 1. The van der Waals surface area contributed by atoms with Crippen molar-refractivity contribution >= 4 is 0 Å². The van der Waals surface area contributed by atoms with Gasteiger partial charge in [0.2, 0.25) is 0 Å². The van der Waals surface area contributed by atoms with Crippen molar-refractivity contribution < 1.29 is 5.11 Å². The Kier molecular flexibility index (Phi) is 5.50. The van der Waals surface area contributed by atoms with Crippen molar-refractivity contribution in [2.45, 2.75) is 33.3 Å². The molecule has 0 aliphatic rings. The van der Waals surface area contributed by atoms with Gasteiger partial charge in [-0.3, -0.25) is 0 Å². The highest BCUT2D eigenvalue weighted by Crippen LogP contribution is 2.15. The van der Waals surface area contributed by atoms with Crippen LogP contribution < -0.4 is 0 Å². The summed E-state index contributed by atoms with van der Waals surface area (Å²) >= 11 is 0. The average molecular weight is 221 g/mol. The summed E-state index contributed by atoms with van der Waals surface area (Å²) in [6, 6.07) is 8.27. The minimum Gasteiger partial charge on any atom is -0.387 e. The van der Waals surface area contributed by atoms with Crippen LogP contribution in [-0.4, -0.2) is 29.6 Å². The molecular formula is C14H23NO. The molecule has 1 unspecified atom stereocenters. The number of aryl methyl sites for hydroxylation is 1. The summed E-state index contributed by atoms with van der Waals surface area (Å²) in [6.45, 7) is 9.08. The summed E-state index contributed by atoms with van der Waals surface area (Å²) in [5, 5.41) is 10.1. The first-order valence-corrected chi connectivity index (χ1v) is 6.20. The van der Waals surface area contributed by atoms with E-state index in [1.54, 1.807) is 0 Å². The third-order valence-corrected chi connectivity index (χ3v) is 3.10. The van der Waals surface area contributed by atoms with Gasteiger partial charge in [0.15, 0.2) is 0 Å². The van der Waals surface area contributed by atoms with Gasteiger partial charge in [-0.2, -0.15) is 0 Å². The lowest BCUT2D eigenvalue weighted by atomic mass is 10.1. The number of hydrogen-bond donors (Lipinski definition) is 1. The fraction of sp³-hybridized carbons (Fsp3) is 0.571. The number of likely N-dealkylation sites (N-methyl/N-ethyl adjacent to an activating group) is 1. The highest BCUT2D eigenvalue weighted by atomic mass is 16.3. The molecule has 1 aromatic carbocycles. The number of benzene rings is 1. The highest BCUT2D eigenvalue weighted by molar-refractivity contribution is 5.24. The van der Waals surface area contributed by atoms with Crippen LogP contribution in [0.3, 0.4) is 0 Å². The molecule has 0 saturated heterocycles. The van der Waals surface area contributed by atoms with Gasteiger partial charge in [0.05, 0.1) is 6.10 Å². The van der Waals surface area contributed by atoms with Crippen molar-refractivity contribution in [3.63, 3.8) is 0 Å². The first kappa shape index (κ1) is 13.2. The van der Waals surface area contributed by atoms with Crippen LogP contribution in [0.5, 0.6) is 0 Å². The molecule has 0 saturated carbocycles. The van der Waals surface area contributed by atoms with E-state index < -0.39 is 0 Å². The summed E-state index contributed by atoms with van der Waals surface area (Å²) < 4.78 is 0. The minimum atomic E-state index is -0.370. The maximum atomic E-state index is 10.1. The van der Waals surface area contributed by atoms with Crippen LogP contribution in [-0.2, 0) is 6.42 Å². The Balaban J connectivity index is 2.61. The molecule has 16 heavy (non-hydrogen) atoms. The summed E-state index contributed by atoms with van der Waals surface area (Å²) in [5.41, 5.74) is 2.34. The zero-order chi connectivity index (χ0) is 12.0. The van der Waals surface area contributed by atoms with Gasteiger partial charge in [-0.15, -0.1) is 0 Å². The Hall–Kier alpha value is -0.860. The van der Waals surface area contributed by atoms with Gasteiger partial charge in [0.25, 0.3) is 0 Å². The van der Waals surface area contributed by atoms with Gasteiger partial charge < -0.3 is 10.0 Å². The largest absolute Gasteiger partial charge is 0.387 e. The molecule has 0 aromatic heterocycles. The molecule has 1 rings (SSSR count). The summed E-state index contributed by atoms with van der Waals surface area (Å²) in [7, 11) is 0. The highest BCUT2D eigenvalue weighted by Gasteiger charge is 2.10. The molecule has 0 aliphatic heterocycles. The lowest BCUT2D eigenvalue weighted by Gasteiger charge is -2.22. The van der Waals surface area contributed by atoms with E-state index in [-0.39, 0.29) is 6.10 Å². The van der Waals surface area contributed by atoms with Gasteiger partial charge in [-0.05, 0) is 30.6 Å².